The summed E-state index contributed by atoms with van der Waals surface area (Å²) >= 11 is 1.44. The van der Waals surface area contributed by atoms with Gasteiger partial charge < -0.3 is 4.74 Å². The van der Waals surface area contributed by atoms with Gasteiger partial charge in [-0.25, -0.2) is 4.79 Å². The molecular formula is C20H34O2S. The fourth-order valence-electron chi connectivity index (χ4n) is 2.79. The van der Waals surface area contributed by atoms with Crippen LogP contribution in [0.3, 0.4) is 0 Å². The first-order valence-electron chi connectivity index (χ1n) is 9.48. The zero-order valence-electron chi connectivity index (χ0n) is 15.0. The van der Waals surface area contributed by atoms with E-state index in [0.717, 1.165) is 12.8 Å². The standard InChI is InChI=1S/C20H34O2S/c1-3-4-5-6-7-8-9-10-11-12-13-15-18(2)22-20(21)19-16-14-17-23-19/h14,16-18H,3-13,15H2,1-2H3. The Bertz CT molecular complexity index is 386. The average Bonchev–Trinajstić information content (AvgIpc) is 3.07. The summed E-state index contributed by atoms with van der Waals surface area (Å²) in [6.07, 6.45) is 15.9. The number of rotatable bonds is 14. The van der Waals surface area contributed by atoms with Gasteiger partial charge in [0.05, 0.1) is 6.10 Å². The van der Waals surface area contributed by atoms with Gasteiger partial charge in [0.25, 0.3) is 0 Å². The molecule has 0 aliphatic rings. The zero-order chi connectivity index (χ0) is 16.8. The third kappa shape index (κ3) is 10.5. The second-order valence-corrected chi connectivity index (χ2v) is 7.47. The molecule has 1 aromatic rings. The van der Waals surface area contributed by atoms with Gasteiger partial charge in [-0.05, 0) is 31.2 Å². The molecule has 0 radical (unpaired) electrons. The second-order valence-electron chi connectivity index (χ2n) is 6.52. The number of ether oxygens (including phenoxy) is 1. The van der Waals surface area contributed by atoms with E-state index in [9.17, 15) is 4.79 Å². The Balaban J connectivity index is 1.88. The molecular weight excluding hydrogens is 304 g/mol. The minimum atomic E-state index is -0.171. The highest BCUT2D eigenvalue weighted by molar-refractivity contribution is 7.11. The van der Waals surface area contributed by atoms with E-state index in [4.69, 9.17) is 4.74 Å². The molecule has 0 aromatic carbocycles. The van der Waals surface area contributed by atoms with E-state index in [1.165, 1.54) is 75.5 Å². The molecule has 0 fully saturated rings. The first kappa shape index (κ1) is 20.2. The van der Waals surface area contributed by atoms with Crippen molar-refractivity contribution in [3.8, 4) is 0 Å². The van der Waals surface area contributed by atoms with E-state index in [1.807, 2.05) is 24.4 Å². The minimum Gasteiger partial charge on any atom is -0.458 e. The topological polar surface area (TPSA) is 26.3 Å². The molecule has 23 heavy (non-hydrogen) atoms. The number of thiophene rings is 1. The molecule has 1 rings (SSSR count). The van der Waals surface area contributed by atoms with Gasteiger partial charge in [-0.2, -0.15) is 0 Å². The normalized spacial score (nSPS) is 12.3. The van der Waals surface area contributed by atoms with E-state index in [2.05, 4.69) is 6.92 Å². The van der Waals surface area contributed by atoms with Gasteiger partial charge in [-0.3, -0.25) is 0 Å². The monoisotopic (exact) mass is 338 g/mol. The molecule has 0 bridgehead atoms. The SMILES string of the molecule is CCCCCCCCCCCCCC(C)OC(=O)c1cccs1. The second kappa shape index (κ2) is 13.6. The largest absolute Gasteiger partial charge is 0.458 e. The molecule has 132 valence electrons. The van der Waals surface area contributed by atoms with Crippen molar-refractivity contribution in [1.82, 2.24) is 0 Å². The summed E-state index contributed by atoms with van der Waals surface area (Å²) in [5.41, 5.74) is 0. The van der Waals surface area contributed by atoms with E-state index in [-0.39, 0.29) is 12.1 Å². The van der Waals surface area contributed by atoms with Gasteiger partial charge in [0.1, 0.15) is 4.88 Å². The summed E-state index contributed by atoms with van der Waals surface area (Å²) in [5.74, 6) is -0.171. The van der Waals surface area contributed by atoms with Gasteiger partial charge in [-0.1, -0.05) is 77.2 Å². The number of carbonyl (C=O) groups excluding carboxylic acids is 1. The highest BCUT2D eigenvalue weighted by Crippen LogP contribution is 2.15. The summed E-state index contributed by atoms with van der Waals surface area (Å²) in [7, 11) is 0. The molecule has 0 aliphatic carbocycles. The van der Waals surface area contributed by atoms with Crippen LogP contribution in [-0.4, -0.2) is 12.1 Å². The number of esters is 1. The highest BCUT2D eigenvalue weighted by atomic mass is 32.1. The van der Waals surface area contributed by atoms with Gasteiger partial charge >= 0.3 is 5.97 Å². The van der Waals surface area contributed by atoms with Gasteiger partial charge in [0.2, 0.25) is 0 Å². The Kier molecular flexibility index (Phi) is 11.9. The molecule has 1 heterocycles. The van der Waals surface area contributed by atoms with Crippen molar-refractivity contribution in [3.63, 3.8) is 0 Å². The molecule has 0 amide bonds. The third-order valence-electron chi connectivity index (χ3n) is 4.24. The number of hydrogen-bond acceptors (Lipinski definition) is 3. The van der Waals surface area contributed by atoms with Crippen molar-refractivity contribution in [2.45, 2.75) is 97.0 Å². The molecule has 1 unspecified atom stereocenters. The fourth-order valence-corrected chi connectivity index (χ4v) is 3.40. The van der Waals surface area contributed by atoms with Crippen LogP contribution in [0.2, 0.25) is 0 Å². The maximum Gasteiger partial charge on any atom is 0.348 e. The maximum atomic E-state index is 11.8. The van der Waals surface area contributed by atoms with Crippen molar-refractivity contribution >= 4 is 17.3 Å². The van der Waals surface area contributed by atoms with Crippen molar-refractivity contribution in [1.29, 1.82) is 0 Å². The molecule has 0 spiro atoms. The predicted molar refractivity (Wildman–Crippen MR) is 100 cm³/mol. The van der Waals surface area contributed by atoms with Crippen molar-refractivity contribution < 1.29 is 9.53 Å². The van der Waals surface area contributed by atoms with Crippen LogP contribution >= 0.6 is 11.3 Å². The maximum absolute atomic E-state index is 11.8. The Morgan fingerprint density at radius 1 is 1.00 bits per heavy atom. The average molecular weight is 339 g/mol. The first-order valence-corrected chi connectivity index (χ1v) is 10.4. The molecule has 2 nitrogen and oxygen atoms in total. The van der Waals surface area contributed by atoms with E-state index in [0.29, 0.717) is 4.88 Å². The van der Waals surface area contributed by atoms with Crippen molar-refractivity contribution in [2.24, 2.45) is 0 Å². The summed E-state index contributed by atoms with van der Waals surface area (Å²) in [6.45, 7) is 4.27. The molecule has 0 aliphatic heterocycles. The van der Waals surface area contributed by atoms with Crippen LogP contribution in [0.1, 0.15) is 101 Å². The molecule has 0 saturated carbocycles. The molecule has 1 atom stereocenters. The number of unbranched alkanes of at least 4 members (excludes halogenated alkanes) is 10. The van der Waals surface area contributed by atoms with Gasteiger partial charge in [0, 0.05) is 0 Å². The fraction of sp³-hybridized carbons (Fsp3) is 0.750. The lowest BCUT2D eigenvalue weighted by Crippen LogP contribution is -2.14. The van der Waals surface area contributed by atoms with Crippen LogP contribution in [0.5, 0.6) is 0 Å². The summed E-state index contributed by atoms with van der Waals surface area (Å²) in [5, 5.41) is 1.91. The lowest BCUT2D eigenvalue weighted by atomic mass is 10.0. The van der Waals surface area contributed by atoms with Crippen LogP contribution in [0.25, 0.3) is 0 Å². The highest BCUT2D eigenvalue weighted by Gasteiger charge is 2.12. The van der Waals surface area contributed by atoms with Crippen LogP contribution in [0.15, 0.2) is 17.5 Å². The van der Waals surface area contributed by atoms with E-state index >= 15 is 0 Å². The molecule has 0 saturated heterocycles. The Morgan fingerprint density at radius 3 is 2.09 bits per heavy atom. The predicted octanol–water partition coefficient (Wildman–Crippen LogP) is 6.99. The third-order valence-corrected chi connectivity index (χ3v) is 5.09. The van der Waals surface area contributed by atoms with Crippen molar-refractivity contribution in [3.05, 3.63) is 22.4 Å². The van der Waals surface area contributed by atoms with Crippen LogP contribution in [0, 0.1) is 0 Å². The summed E-state index contributed by atoms with van der Waals surface area (Å²) in [6, 6.07) is 3.71. The van der Waals surface area contributed by atoms with Gasteiger partial charge in [-0.15, -0.1) is 11.3 Å². The molecule has 0 N–H and O–H groups in total. The summed E-state index contributed by atoms with van der Waals surface area (Å²) < 4.78 is 5.46. The van der Waals surface area contributed by atoms with Crippen LogP contribution in [-0.2, 0) is 4.74 Å². The number of hydrogen-bond donors (Lipinski definition) is 0. The Labute approximate surface area is 146 Å². The van der Waals surface area contributed by atoms with E-state index in [1.54, 1.807) is 0 Å². The van der Waals surface area contributed by atoms with E-state index < -0.39 is 0 Å². The minimum absolute atomic E-state index is 0.0307. The molecule has 1 aromatic heterocycles. The lowest BCUT2D eigenvalue weighted by Gasteiger charge is -2.12. The van der Waals surface area contributed by atoms with Crippen LogP contribution < -0.4 is 0 Å². The van der Waals surface area contributed by atoms with Crippen molar-refractivity contribution in [2.75, 3.05) is 0 Å². The Hall–Kier alpha value is -0.830. The Morgan fingerprint density at radius 2 is 1.57 bits per heavy atom. The number of carbonyl (C=O) groups is 1. The van der Waals surface area contributed by atoms with Crippen LogP contribution in [0.4, 0.5) is 0 Å². The quantitative estimate of drug-likeness (QED) is 0.270. The zero-order valence-corrected chi connectivity index (χ0v) is 15.8. The lowest BCUT2D eigenvalue weighted by molar-refractivity contribution is 0.0325. The summed E-state index contributed by atoms with van der Waals surface area (Å²) in [4.78, 5) is 12.5. The first-order chi connectivity index (χ1) is 11.2. The molecule has 3 heteroatoms. The van der Waals surface area contributed by atoms with Gasteiger partial charge in [0.15, 0.2) is 0 Å². The smallest absolute Gasteiger partial charge is 0.348 e.